The van der Waals surface area contributed by atoms with Crippen LogP contribution in [-0.2, 0) is 17.3 Å². The molecule has 0 atom stereocenters. The van der Waals surface area contributed by atoms with Gasteiger partial charge in [0, 0.05) is 26.8 Å². The van der Waals surface area contributed by atoms with E-state index >= 15 is 0 Å². The van der Waals surface area contributed by atoms with Crippen molar-refractivity contribution in [2.45, 2.75) is 38.3 Å². The van der Waals surface area contributed by atoms with Gasteiger partial charge in [-0.15, -0.1) is 11.6 Å². The Balaban J connectivity index is 2.19. The number of halogens is 3. The summed E-state index contributed by atoms with van der Waals surface area (Å²) in [6.07, 6.45) is 0. The molecular weight excluding hydrogens is 314 g/mol. The molecule has 21 heavy (non-hydrogen) atoms. The minimum absolute atomic E-state index is 0.162. The summed E-state index contributed by atoms with van der Waals surface area (Å²) in [5.74, 6) is -1.10. The molecule has 0 unspecified atom stereocenters. The van der Waals surface area contributed by atoms with Crippen LogP contribution in [0.3, 0.4) is 0 Å². The Morgan fingerprint density at radius 1 is 1.24 bits per heavy atom. The van der Waals surface area contributed by atoms with E-state index in [4.69, 9.17) is 16.3 Å². The molecule has 2 rings (SSSR count). The molecule has 3 nitrogen and oxygen atoms in total. The molecule has 0 amide bonds. The second kappa shape index (κ2) is 6.42. The highest BCUT2D eigenvalue weighted by atomic mass is 35.5. The number of ether oxygens (including phenoxy) is 1. The lowest BCUT2D eigenvalue weighted by atomic mass is 10.3. The molecule has 7 heteroatoms. The molecule has 116 valence electrons. The number of benzene rings is 1. The molecule has 2 aromatic rings. The topological polar surface area (TPSA) is 27.1 Å². The third-order valence-electron chi connectivity index (χ3n) is 3.21. The summed E-state index contributed by atoms with van der Waals surface area (Å²) in [6.45, 7) is 7.69. The minimum atomic E-state index is -1.16. The quantitative estimate of drug-likeness (QED) is 0.446. The lowest BCUT2D eigenvalue weighted by Crippen LogP contribution is -2.22. The first-order valence-electron chi connectivity index (χ1n) is 6.80. The van der Waals surface area contributed by atoms with Gasteiger partial charge in [-0.05, 0) is 6.04 Å². The van der Waals surface area contributed by atoms with Crippen LogP contribution in [0.4, 0.5) is 8.78 Å². The van der Waals surface area contributed by atoms with Crippen LogP contribution in [-0.4, -0.2) is 24.2 Å². The molecule has 0 aliphatic heterocycles. The standard InChI is InChI=1S/C14H19ClF2N2OSi/c1-21(2,3)5-4-20-9-19-13-7-11(17)10(16)6-12(13)18-14(19)8-15/h6-7H,4-5,8-9H2,1-3H3. The van der Waals surface area contributed by atoms with Crippen LogP contribution in [0, 0.1) is 11.6 Å². The number of rotatable bonds is 6. The fourth-order valence-corrected chi connectivity index (χ4v) is 2.91. The molecule has 0 N–H and O–H groups in total. The smallest absolute Gasteiger partial charge is 0.161 e. The predicted molar refractivity (Wildman–Crippen MR) is 83.3 cm³/mol. The number of hydrogen-bond donors (Lipinski definition) is 0. The Labute approximate surface area is 128 Å². The van der Waals surface area contributed by atoms with E-state index < -0.39 is 19.7 Å². The molecule has 0 saturated carbocycles. The number of aromatic nitrogens is 2. The van der Waals surface area contributed by atoms with E-state index in [1.54, 1.807) is 4.57 Å². The van der Waals surface area contributed by atoms with Crippen LogP contribution in [0.2, 0.25) is 25.7 Å². The van der Waals surface area contributed by atoms with Crippen LogP contribution in [0.1, 0.15) is 5.82 Å². The van der Waals surface area contributed by atoms with E-state index in [9.17, 15) is 8.78 Å². The van der Waals surface area contributed by atoms with Gasteiger partial charge in [-0.2, -0.15) is 0 Å². The first kappa shape index (κ1) is 16.4. The van der Waals surface area contributed by atoms with Crippen LogP contribution in [0.25, 0.3) is 11.0 Å². The number of hydrogen-bond acceptors (Lipinski definition) is 2. The van der Waals surface area contributed by atoms with Gasteiger partial charge in [-0.25, -0.2) is 13.8 Å². The lowest BCUT2D eigenvalue weighted by Gasteiger charge is -2.16. The summed E-state index contributed by atoms with van der Waals surface area (Å²) >= 11 is 5.85. The number of fused-ring (bicyclic) bond motifs is 1. The fourth-order valence-electron chi connectivity index (χ4n) is 1.95. The van der Waals surface area contributed by atoms with E-state index in [0.29, 0.717) is 23.5 Å². The molecule has 0 spiro atoms. The van der Waals surface area contributed by atoms with Crippen molar-refractivity contribution in [3.63, 3.8) is 0 Å². The zero-order valence-corrected chi connectivity index (χ0v) is 14.2. The van der Waals surface area contributed by atoms with Gasteiger partial charge in [0.2, 0.25) is 0 Å². The molecule has 0 radical (unpaired) electrons. The normalized spacial score (nSPS) is 12.3. The van der Waals surface area contributed by atoms with Crippen LogP contribution in [0.15, 0.2) is 12.1 Å². The van der Waals surface area contributed by atoms with Gasteiger partial charge in [0.1, 0.15) is 12.6 Å². The summed E-state index contributed by atoms with van der Waals surface area (Å²) in [5, 5.41) is 0. The SMILES string of the molecule is C[Si](C)(C)CCOCn1c(CCl)nc2cc(F)c(F)cc21. The molecule has 0 saturated heterocycles. The van der Waals surface area contributed by atoms with Crippen LogP contribution in [0.5, 0.6) is 0 Å². The van der Waals surface area contributed by atoms with Crippen molar-refractivity contribution in [1.82, 2.24) is 9.55 Å². The lowest BCUT2D eigenvalue weighted by molar-refractivity contribution is 0.0883. The van der Waals surface area contributed by atoms with Crippen LogP contribution >= 0.6 is 11.6 Å². The van der Waals surface area contributed by atoms with Gasteiger partial charge < -0.3 is 9.30 Å². The van der Waals surface area contributed by atoms with E-state index in [1.165, 1.54) is 0 Å². The van der Waals surface area contributed by atoms with E-state index in [-0.39, 0.29) is 12.6 Å². The van der Waals surface area contributed by atoms with Crippen molar-refractivity contribution in [2.24, 2.45) is 0 Å². The van der Waals surface area contributed by atoms with Gasteiger partial charge >= 0.3 is 0 Å². The Morgan fingerprint density at radius 2 is 1.90 bits per heavy atom. The van der Waals surface area contributed by atoms with Crippen molar-refractivity contribution >= 4 is 30.7 Å². The second-order valence-corrected chi connectivity index (χ2v) is 12.1. The predicted octanol–water partition coefficient (Wildman–Crippen LogP) is 4.37. The third kappa shape index (κ3) is 4.02. The maximum atomic E-state index is 13.4. The highest BCUT2D eigenvalue weighted by Crippen LogP contribution is 2.21. The average molecular weight is 333 g/mol. The highest BCUT2D eigenvalue weighted by Gasteiger charge is 2.15. The molecular formula is C14H19ClF2N2OSi. The van der Waals surface area contributed by atoms with Crippen molar-refractivity contribution in [3.05, 3.63) is 29.6 Å². The summed E-state index contributed by atoms with van der Waals surface area (Å²) in [4.78, 5) is 4.21. The van der Waals surface area contributed by atoms with E-state index in [1.807, 2.05) is 0 Å². The Hall–Kier alpha value is -0.983. The van der Waals surface area contributed by atoms with Gasteiger partial charge in [-0.3, -0.25) is 0 Å². The van der Waals surface area contributed by atoms with E-state index in [0.717, 1.165) is 18.2 Å². The zero-order valence-electron chi connectivity index (χ0n) is 12.4. The largest absolute Gasteiger partial charge is 0.361 e. The van der Waals surface area contributed by atoms with Gasteiger partial charge in [0.05, 0.1) is 16.9 Å². The summed E-state index contributed by atoms with van der Waals surface area (Å²) < 4.78 is 34.0. The Morgan fingerprint density at radius 3 is 2.52 bits per heavy atom. The van der Waals surface area contributed by atoms with Gasteiger partial charge in [0.25, 0.3) is 0 Å². The molecule has 1 aromatic carbocycles. The Bertz CT molecular complexity index is 640. The maximum absolute atomic E-state index is 13.4. The number of imidazole rings is 1. The van der Waals surface area contributed by atoms with Gasteiger partial charge in [-0.1, -0.05) is 19.6 Å². The molecule has 0 aliphatic rings. The number of nitrogens with zero attached hydrogens (tertiary/aromatic N) is 2. The average Bonchev–Trinajstić information content (AvgIpc) is 2.71. The highest BCUT2D eigenvalue weighted by molar-refractivity contribution is 6.76. The van der Waals surface area contributed by atoms with Crippen molar-refractivity contribution in [3.8, 4) is 0 Å². The second-order valence-electron chi connectivity index (χ2n) is 6.19. The third-order valence-corrected chi connectivity index (χ3v) is 5.15. The van der Waals surface area contributed by atoms with Gasteiger partial charge in [0.15, 0.2) is 11.6 Å². The maximum Gasteiger partial charge on any atom is 0.161 e. The number of alkyl halides is 1. The zero-order chi connectivity index (χ0) is 15.6. The Kier molecular flexibility index (Phi) is 5.01. The summed E-state index contributed by atoms with van der Waals surface area (Å²) in [7, 11) is -1.16. The van der Waals surface area contributed by atoms with Crippen molar-refractivity contribution < 1.29 is 13.5 Å². The minimum Gasteiger partial charge on any atom is -0.361 e. The molecule has 1 heterocycles. The summed E-state index contributed by atoms with van der Waals surface area (Å²) in [5.41, 5.74) is 0.885. The molecule has 1 aromatic heterocycles. The molecule has 0 bridgehead atoms. The first-order chi connectivity index (χ1) is 9.81. The monoisotopic (exact) mass is 332 g/mol. The summed E-state index contributed by atoms with van der Waals surface area (Å²) in [6, 6.07) is 3.26. The van der Waals surface area contributed by atoms with E-state index in [2.05, 4.69) is 24.6 Å². The fraction of sp³-hybridized carbons (Fsp3) is 0.500. The molecule has 0 aliphatic carbocycles. The van der Waals surface area contributed by atoms with Crippen molar-refractivity contribution in [1.29, 1.82) is 0 Å². The molecule has 0 fully saturated rings. The first-order valence-corrected chi connectivity index (χ1v) is 11.0. The van der Waals surface area contributed by atoms with Crippen molar-refractivity contribution in [2.75, 3.05) is 6.61 Å². The van der Waals surface area contributed by atoms with Crippen LogP contribution < -0.4 is 0 Å².